The number of hydrogen-bond acceptors (Lipinski definition) is 7. The fraction of sp³-hybridized carbons (Fsp3) is 0.367. The summed E-state index contributed by atoms with van der Waals surface area (Å²) < 4.78 is 5.07. The molecule has 200 valence electrons. The summed E-state index contributed by atoms with van der Waals surface area (Å²) in [6, 6.07) is 20.8. The standard InChI is InChI=1S/C30H36N4O2S2/c1-3-36-29(35)15-9-10-18-34(21-24-11-5-4-6-12-24)19-20-37-28-16-17-31-27(23(28)2)22-38-30-32-25-13-7-8-14-26(25)33-30/h4-8,11-14,16-17H,3,9-10,15,18-22H2,1-2H3,(H,32,33). The van der Waals surface area contributed by atoms with Gasteiger partial charge in [0.25, 0.3) is 0 Å². The number of unbranched alkanes of at least 4 members (excludes halogenated alkanes) is 1. The van der Waals surface area contributed by atoms with Crippen molar-refractivity contribution in [3.8, 4) is 0 Å². The number of carbonyl (C=O) groups excluding carboxylic acids is 1. The largest absolute Gasteiger partial charge is 0.466 e. The van der Waals surface area contributed by atoms with Crippen molar-refractivity contribution in [3.63, 3.8) is 0 Å². The molecule has 0 amide bonds. The van der Waals surface area contributed by atoms with Crippen molar-refractivity contribution in [2.24, 2.45) is 0 Å². The number of aromatic amines is 1. The number of aromatic nitrogens is 3. The van der Waals surface area contributed by atoms with Gasteiger partial charge < -0.3 is 9.72 Å². The molecule has 0 spiro atoms. The summed E-state index contributed by atoms with van der Waals surface area (Å²) in [5.41, 5.74) is 5.70. The van der Waals surface area contributed by atoms with Crippen LogP contribution in [0.3, 0.4) is 0 Å². The number of benzene rings is 2. The fourth-order valence-electron chi connectivity index (χ4n) is 4.23. The number of ether oxygens (including phenoxy) is 1. The summed E-state index contributed by atoms with van der Waals surface area (Å²) in [6.45, 7) is 7.32. The van der Waals surface area contributed by atoms with Crippen molar-refractivity contribution in [2.45, 2.75) is 55.5 Å². The van der Waals surface area contributed by atoms with Gasteiger partial charge in [0.05, 0.1) is 23.3 Å². The Kier molecular flexibility index (Phi) is 11.1. The number of thioether (sulfide) groups is 2. The lowest BCUT2D eigenvalue weighted by Crippen LogP contribution is -2.27. The van der Waals surface area contributed by atoms with Crippen molar-refractivity contribution < 1.29 is 9.53 Å². The number of para-hydroxylation sites is 2. The normalized spacial score (nSPS) is 11.3. The number of nitrogens with zero attached hydrogens (tertiary/aromatic N) is 3. The van der Waals surface area contributed by atoms with Crippen LogP contribution in [0.15, 0.2) is 76.9 Å². The highest BCUT2D eigenvalue weighted by molar-refractivity contribution is 7.99. The Morgan fingerprint density at radius 1 is 1.00 bits per heavy atom. The molecule has 6 nitrogen and oxygen atoms in total. The van der Waals surface area contributed by atoms with Gasteiger partial charge >= 0.3 is 5.97 Å². The summed E-state index contributed by atoms with van der Waals surface area (Å²) in [5.74, 6) is 1.67. The molecule has 8 heteroatoms. The highest BCUT2D eigenvalue weighted by atomic mass is 32.2. The van der Waals surface area contributed by atoms with E-state index in [1.165, 1.54) is 16.0 Å². The van der Waals surface area contributed by atoms with Crippen molar-refractivity contribution >= 4 is 40.5 Å². The molecular weight excluding hydrogens is 512 g/mol. The SMILES string of the molecule is CCOC(=O)CCCCN(CCSc1ccnc(CSc2nc3ccccc3[nH]2)c1C)Cc1ccccc1. The van der Waals surface area contributed by atoms with E-state index >= 15 is 0 Å². The summed E-state index contributed by atoms with van der Waals surface area (Å²) in [5, 5.41) is 0.921. The number of rotatable bonds is 15. The second kappa shape index (κ2) is 15.0. The van der Waals surface area contributed by atoms with Gasteiger partial charge in [0.2, 0.25) is 0 Å². The minimum absolute atomic E-state index is 0.0971. The molecule has 38 heavy (non-hydrogen) atoms. The van der Waals surface area contributed by atoms with E-state index in [2.05, 4.69) is 69.2 Å². The predicted molar refractivity (Wildman–Crippen MR) is 158 cm³/mol. The molecule has 1 N–H and O–H groups in total. The first kappa shape index (κ1) is 28.2. The number of imidazole rings is 1. The Morgan fingerprint density at radius 2 is 1.82 bits per heavy atom. The van der Waals surface area contributed by atoms with Crippen LogP contribution in [0.5, 0.6) is 0 Å². The number of fused-ring (bicyclic) bond motifs is 1. The quantitative estimate of drug-likeness (QED) is 0.0986. The molecule has 0 saturated heterocycles. The second-order valence-corrected chi connectivity index (χ2v) is 11.2. The van der Waals surface area contributed by atoms with Gasteiger partial charge in [0.1, 0.15) is 0 Å². The zero-order valence-electron chi connectivity index (χ0n) is 22.2. The molecule has 2 heterocycles. The summed E-state index contributed by atoms with van der Waals surface area (Å²) in [6.07, 6.45) is 4.24. The maximum Gasteiger partial charge on any atom is 0.305 e. The van der Waals surface area contributed by atoms with Gasteiger partial charge in [-0.15, -0.1) is 11.8 Å². The highest BCUT2D eigenvalue weighted by Gasteiger charge is 2.11. The van der Waals surface area contributed by atoms with Gasteiger partial charge in [0.15, 0.2) is 5.16 Å². The first-order valence-corrected chi connectivity index (χ1v) is 15.2. The highest BCUT2D eigenvalue weighted by Crippen LogP contribution is 2.28. The Balaban J connectivity index is 1.30. The Morgan fingerprint density at radius 3 is 2.63 bits per heavy atom. The topological polar surface area (TPSA) is 71.1 Å². The number of H-pyrrole nitrogens is 1. The Labute approximate surface area is 234 Å². The van der Waals surface area contributed by atoms with Crippen molar-refractivity contribution in [1.82, 2.24) is 19.9 Å². The van der Waals surface area contributed by atoms with Gasteiger partial charge in [-0.2, -0.15) is 0 Å². The molecule has 0 radical (unpaired) electrons. The van der Waals surface area contributed by atoms with Crippen LogP contribution < -0.4 is 0 Å². The number of nitrogens with one attached hydrogen (secondary N) is 1. The predicted octanol–water partition coefficient (Wildman–Crippen LogP) is 6.89. The molecule has 0 aliphatic heterocycles. The van der Waals surface area contributed by atoms with E-state index in [-0.39, 0.29) is 5.97 Å². The van der Waals surface area contributed by atoms with Crippen LogP contribution in [0.25, 0.3) is 11.0 Å². The second-order valence-electron chi connectivity index (χ2n) is 9.10. The third-order valence-electron chi connectivity index (χ3n) is 6.30. The van der Waals surface area contributed by atoms with Crippen LogP contribution in [-0.2, 0) is 21.8 Å². The molecule has 2 aromatic heterocycles. The van der Waals surface area contributed by atoms with Gasteiger partial charge in [0, 0.05) is 42.1 Å². The van der Waals surface area contributed by atoms with E-state index in [0.29, 0.717) is 13.0 Å². The first-order chi connectivity index (χ1) is 18.6. The molecule has 0 atom stereocenters. The summed E-state index contributed by atoms with van der Waals surface area (Å²) in [7, 11) is 0. The van der Waals surface area contributed by atoms with Crippen molar-refractivity contribution in [2.75, 3.05) is 25.4 Å². The molecule has 0 saturated carbocycles. The third-order valence-corrected chi connectivity index (χ3v) is 8.32. The molecule has 4 aromatic rings. The van der Waals surface area contributed by atoms with Crippen LogP contribution in [-0.4, -0.2) is 51.3 Å². The number of pyridine rings is 1. The smallest absolute Gasteiger partial charge is 0.305 e. The molecule has 0 bridgehead atoms. The zero-order valence-corrected chi connectivity index (χ0v) is 23.8. The van der Waals surface area contributed by atoms with Crippen LogP contribution in [0, 0.1) is 6.92 Å². The zero-order chi connectivity index (χ0) is 26.6. The summed E-state index contributed by atoms with van der Waals surface area (Å²) >= 11 is 3.58. The first-order valence-electron chi connectivity index (χ1n) is 13.2. The van der Waals surface area contributed by atoms with E-state index in [4.69, 9.17) is 4.74 Å². The maximum absolute atomic E-state index is 11.7. The van der Waals surface area contributed by atoms with E-state index in [9.17, 15) is 4.79 Å². The molecule has 0 unspecified atom stereocenters. The Bertz CT molecular complexity index is 1260. The minimum Gasteiger partial charge on any atom is -0.466 e. The molecular formula is C30H36N4O2S2. The lowest BCUT2D eigenvalue weighted by atomic mass is 10.2. The molecule has 0 fully saturated rings. The van der Waals surface area contributed by atoms with E-state index in [0.717, 1.165) is 65.9 Å². The number of carbonyl (C=O) groups is 1. The summed E-state index contributed by atoms with van der Waals surface area (Å²) in [4.78, 5) is 28.2. The minimum atomic E-state index is -0.0971. The van der Waals surface area contributed by atoms with Crippen molar-refractivity contribution in [1.29, 1.82) is 0 Å². The van der Waals surface area contributed by atoms with Gasteiger partial charge in [-0.05, 0) is 62.6 Å². The lowest BCUT2D eigenvalue weighted by Gasteiger charge is -2.22. The van der Waals surface area contributed by atoms with Gasteiger partial charge in [-0.3, -0.25) is 14.7 Å². The van der Waals surface area contributed by atoms with Crippen LogP contribution in [0.2, 0.25) is 0 Å². The fourth-order valence-corrected chi connectivity index (χ4v) is 6.20. The van der Waals surface area contributed by atoms with E-state index in [1.54, 1.807) is 11.8 Å². The van der Waals surface area contributed by atoms with Crippen LogP contribution in [0.4, 0.5) is 0 Å². The third kappa shape index (κ3) is 8.61. The monoisotopic (exact) mass is 548 g/mol. The van der Waals surface area contributed by atoms with E-state index in [1.807, 2.05) is 43.1 Å². The Hall–Kier alpha value is -2.81. The van der Waals surface area contributed by atoms with E-state index < -0.39 is 0 Å². The molecule has 4 rings (SSSR count). The molecule has 2 aromatic carbocycles. The molecule has 0 aliphatic rings. The average Bonchev–Trinajstić information content (AvgIpc) is 3.35. The lowest BCUT2D eigenvalue weighted by molar-refractivity contribution is -0.143. The van der Waals surface area contributed by atoms with Gasteiger partial charge in [-0.25, -0.2) is 4.98 Å². The molecule has 0 aliphatic carbocycles. The average molecular weight is 549 g/mol. The van der Waals surface area contributed by atoms with Crippen LogP contribution in [0.1, 0.15) is 43.0 Å². The van der Waals surface area contributed by atoms with Gasteiger partial charge in [-0.1, -0.05) is 54.2 Å². The van der Waals surface area contributed by atoms with Crippen LogP contribution >= 0.6 is 23.5 Å². The number of esters is 1. The van der Waals surface area contributed by atoms with Crippen molar-refractivity contribution in [3.05, 3.63) is 83.7 Å². The maximum atomic E-state index is 11.7. The number of hydrogen-bond donors (Lipinski definition) is 1.